The maximum absolute atomic E-state index is 13.1. The Morgan fingerprint density at radius 3 is 2.61 bits per heavy atom. The summed E-state index contributed by atoms with van der Waals surface area (Å²) in [7, 11) is 0. The zero-order valence-corrected chi connectivity index (χ0v) is 11.4. The molecule has 5 heteroatoms. The Morgan fingerprint density at radius 2 is 2.06 bits per heavy atom. The standard InChI is InChI=1S/C13H16ClFO3/c1-13(2,3)18-12(16)6-7-17-9-4-5-10(14)11(15)8-9/h4-5,8H,6-7H2,1-3H3. The van der Waals surface area contributed by atoms with Crippen LogP contribution in [0.2, 0.25) is 5.02 Å². The molecule has 1 aromatic carbocycles. The lowest BCUT2D eigenvalue weighted by molar-refractivity contribution is -0.155. The van der Waals surface area contributed by atoms with Crippen LogP contribution >= 0.6 is 11.6 Å². The van der Waals surface area contributed by atoms with Gasteiger partial charge in [-0.1, -0.05) is 11.6 Å². The van der Waals surface area contributed by atoms with Crippen molar-refractivity contribution in [3.63, 3.8) is 0 Å². The summed E-state index contributed by atoms with van der Waals surface area (Å²) in [6.45, 7) is 5.51. The Labute approximate surface area is 111 Å². The molecule has 1 aromatic rings. The van der Waals surface area contributed by atoms with Crippen molar-refractivity contribution in [1.29, 1.82) is 0 Å². The van der Waals surface area contributed by atoms with Crippen LogP contribution in [0, 0.1) is 5.82 Å². The second-order valence-corrected chi connectivity index (χ2v) is 5.17. The van der Waals surface area contributed by atoms with Gasteiger partial charge in [-0.3, -0.25) is 4.79 Å². The summed E-state index contributed by atoms with van der Waals surface area (Å²) in [4.78, 5) is 11.4. The van der Waals surface area contributed by atoms with Gasteiger partial charge >= 0.3 is 5.97 Å². The molecule has 0 aromatic heterocycles. The number of ether oxygens (including phenoxy) is 2. The van der Waals surface area contributed by atoms with E-state index in [0.717, 1.165) is 0 Å². The summed E-state index contributed by atoms with van der Waals surface area (Å²) in [6.07, 6.45) is 0.113. The van der Waals surface area contributed by atoms with E-state index >= 15 is 0 Å². The van der Waals surface area contributed by atoms with E-state index in [9.17, 15) is 9.18 Å². The predicted molar refractivity (Wildman–Crippen MR) is 67.4 cm³/mol. The van der Waals surface area contributed by atoms with E-state index < -0.39 is 11.4 Å². The second kappa shape index (κ2) is 6.05. The molecule has 0 radical (unpaired) electrons. The van der Waals surface area contributed by atoms with Crippen LogP contribution in [0.4, 0.5) is 4.39 Å². The number of esters is 1. The predicted octanol–water partition coefficient (Wildman–Crippen LogP) is 3.59. The molecule has 0 N–H and O–H groups in total. The fourth-order valence-electron chi connectivity index (χ4n) is 1.21. The number of benzene rings is 1. The van der Waals surface area contributed by atoms with Crippen molar-refractivity contribution in [2.24, 2.45) is 0 Å². The van der Waals surface area contributed by atoms with Crippen LogP contribution < -0.4 is 4.74 Å². The molecule has 0 aliphatic carbocycles. The molecule has 0 saturated carbocycles. The third-order valence-corrected chi connectivity index (χ3v) is 2.19. The Balaban J connectivity index is 2.38. The third kappa shape index (κ3) is 5.36. The molecule has 3 nitrogen and oxygen atoms in total. The number of carbonyl (C=O) groups excluding carboxylic acids is 1. The van der Waals surface area contributed by atoms with Gasteiger partial charge in [0.1, 0.15) is 17.2 Å². The molecule has 0 atom stereocenters. The molecule has 100 valence electrons. The Hall–Kier alpha value is -1.29. The van der Waals surface area contributed by atoms with Crippen LogP contribution in [0.5, 0.6) is 5.75 Å². The molecule has 0 aliphatic rings. The van der Waals surface area contributed by atoms with E-state index in [1.54, 1.807) is 26.8 Å². The van der Waals surface area contributed by atoms with Crippen molar-refractivity contribution < 1.29 is 18.7 Å². The number of rotatable bonds is 4. The molecule has 0 fully saturated rings. The number of hydrogen-bond donors (Lipinski definition) is 0. The summed E-state index contributed by atoms with van der Waals surface area (Å²) in [5, 5.41) is 0.0366. The minimum atomic E-state index is -0.550. The van der Waals surface area contributed by atoms with E-state index in [0.29, 0.717) is 5.75 Å². The fourth-order valence-corrected chi connectivity index (χ4v) is 1.33. The van der Waals surface area contributed by atoms with E-state index in [1.807, 2.05) is 0 Å². The molecule has 0 aliphatic heterocycles. The molecule has 0 heterocycles. The monoisotopic (exact) mass is 274 g/mol. The number of halogens is 2. The van der Waals surface area contributed by atoms with Crippen LogP contribution in [0.25, 0.3) is 0 Å². The van der Waals surface area contributed by atoms with Gasteiger partial charge in [0.2, 0.25) is 0 Å². The smallest absolute Gasteiger partial charge is 0.309 e. The second-order valence-electron chi connectivity index (χ2n) is 4.76. The lowest BCUT2D eigenvalue weighted by atomic mass is 10.2. The van der Waals surface area contributed by atoms with E-state index in [1.165, 1.54) is 12.1 Å². The number of carbonyl (C=O) groups is 1. The van der Waals surface area contributed by atoms with Gasteiger partial charge in [0.05, 0.1) is 18.1 Å². The van der Waals surface area contributed by atoms with E-state index in [-0.39, 0.29) is 24.0 Å². The van der Waals surface area contributed by atoms with Gasteiger partial charge in [0.15, 0.2) is 0 Å². The van der Waals surface area contributed by atoms with Crippen LogP contribution in [-0.2, 0) is 9.53 Å². The topological polar surface area (TPSA) is 35.5 Å². The Kier molecular flexibility index (Phi) is 4.96. The average Bonchev–Trinajstić information content (AvgIpc) is 2.20. The highest BCUT2D eigenvalue weighted by Gasteiger charge is 2.16. The SMILES string of the molecule is CC(C)(C)OC(=O)CCOc1ccc(Cl)c(F)c1. The van der Waals surface area contributed by atoms with Crippen molar-refractivity contribution in [2.45, 2.75) is 32.8 Å². The molecule has 1 rings (SSSR count). The zero-order valence-electron chi connectivity index (χ0n) is 10.6. The van der Waals surface area contributed by atoms with Crippen molar-refractivity contribution >= 4 is 17.6 Å². The van der Waals surface area contributed by atoms with Crippen LogP contribution in [0.15, 0.2) is 18.2 Å². The molecule has 0 unspecified atom stereocenters. The van der Waals surface area contributed by atoms with Crippen LogP contribution in [-0.4, -0.2) is 18.2 Å². The largest absolute Gasteiger partial charge is 0.493 e. The highest BCUT2D eigenvalue weighted by molar-refractivity contribution is 6.30. The Bertz CT molecular complexity index is 427. The maximum atomic E-state index is 13.1. The van der Waals surface area contributed by atoms with E-state index in [4.69, 9.17) is 21.1 Å². The minimum absolute atomic E-state index is 0.0366. The minimum Gasteiger partial charge on any atom is -0.493 e. The van der Waals surface area contributed by atoms with Crippen molar-refractivity contribution in [3.05, 3.63) is 29.0 Å². The first-order valence-electron chi connectivity index (χ1n) is 5.57. The van der Waals surface area contributed by atoms with Gasteiger partial charge in [-0.05, 0) is 32.9 Å². The van der Waals surface area contributed by atoms with Gasteiger partial charge in [-0.2, -0.15) is 0 Å². The molecule has 0 amide bonds. The molecular formula is C13H16ClFO3. The zero-order chi connectivity index (χ0) is 13.8. The summed E-state index contributed by atoms with van der Waals surface area (Å²) in [6, 6.07) is 4.12. The summed E-state index contributed by atoms with van der Waals surface area (Å²) in [5.41, 5.74) is -0.510. The van der Waals surface area contributed by atoms with Crippen LogP contribution in [0.3, 0.4) is 0 Å². The highest BCUT2D eigenvalue weighted by Crippen LogP contribution is 2.20. The van der Waals surface area contributed by atoms with Gasteiger partial charge in [0, 0.05) is 6.07 Å². The summed E-state index contributed by atoms with van der Waals surface area (Å²) in [5.74, 6) is -0.566. The molecular weight excluding hydrogens is 259 g/mol. The van der Waals surface area contributed by atoms with E-state index in [2.05, 4.69) is 0 Å². The number of hydrogen-bond acceptors (Lipinski definition) is 3. The first kappa shape index (κ1) is 14.8. The third-order valence-electron chi connectivity index (χ3n) is 1.89. The quantitative estimate of drug-likeness (QED) is 0.787. The van der Waals surface area contributed by atoms with Gasteiger partial charge in [0.25, 0.3) is 0 Å². The molecule has 0 saturated heterocycles. The normalized spacial score (nSPS) is 11.2. The van der Waals surface area contributed by atoms with Crippen molar-refractivity contribution in [2.75, 3.05) is 6.61 Å². The Morgan fingerprint density at radius 1 is 1.39 bits per heavy atom. The first-order chi connectivity index (χ1) is 8.28. The fraction of sp³-hybridized carbons (Fsp3) is 0.462. The molecule has 0 bridgehead atoms. The summed E-state index contributed by atoms with van der Waals surface area (Å²) < 4.78 is 23.4. The summed E-state index contributed by atoms with van der Waals surface area (Å²) >= 11 is 5.53. The highest BCUT2D eigenvalue weighted by atomic mass is 35.5. The van der Waals surface area contributed by atoms with Gasteiger partial charge in [-0.15, -0.1) is 0 Å². The lowest BCUT2D eigenvalue weighted by Gasteiger charge is -2.19. The van der Waals surface area contributed by atoms with Gasteiger partial charge < -0.3 is 9.47 Å². The van der Waals surface area contributed by atoms with Gasteiger partial charge in [-0.25, -0.2) is 4.39 Å². The lowest BCUT2D eigenvalue weighted by Crippen LogP contribution is -2.24. The van der Waals surface area contributed by atoms with Crippen molar-refractivity contribution in [1.82, 2.24) is 0 Å². The first-order valence-corrected chi connectivity index (χ1v) is 5.95. The average molecular weight is 275 g/mol. The molecule has 0 spiro atoms. The van der Waals surface area contributed by atoms with Crippen LogP contribution in [0.1, 0.15) is 27.2 Å². The molecule has 18 heavy (non-hydrogen) atoms. The van der Waals surface area contributed by atoms with Crippen molar-refractivity contribution in [3.8, 4) is 5.75 Å². The maximum Gasteiger partial charge on any atom is 0.309 e.